The van der Waals surface area contributed by atoms with E-state index in [4.69, 9.17) is 21.4 Å². The average Bonchev–Trinajstić information content (AvgIpc) is 2.89. The highest BCUT2D eigenvalue weighted by molar-refractivity contribution is 7.99. The number of hydrogen-bond donors (Lipinski definition) is 1. The first-order chi connectivity index (χ1) is 18.5. The summed E-state index contributed by atoms with van der Waals surface area (Å²) in [6.07, 6.45) is -4.12. The fourth-order valence-electron chi connectivity index (χ4n) is 4.04. The number of rotatable bonds is 9. The molecule has 202 valence electrons. The van der Waals surface area contributed by atoms with Gasteiger partial charge in [-0.25, -0.2) is 9.18 Å². The van der Waals surface area contributed by atoms with Crippen molar-refractivity contribution in [1.29, 1.82) is 0 Å². The molecule has 0 aromatic heterocycles. The zero-order valence-electron chi connectivity index (χ0n) is 20.6. The summed E-state index contributed by atoms with van der Waals surface area (Å²) in [5.41, 5.74) is 2.68. The Hall–Kier alpha value is -3.49. The van der Waals surface area contributed by atoms with Gasteiger partial charge in [0.1, 0.15) is 11.6 Å². The van der Waals surface area contributed by atoms with Gasteiger partial charge in [-0.3, -0.25) is 0 Å². The lowest BCUT2D eigenvalue weighted by molar-refractivity contribution is -0.139. The van der Waals surface area contributed by atoms with Gasteiger partial charge in [0.2, 0.25) is 0 Å². The van der Waals surface area contributed by atoms with Gasteiger partial charge in [-0.2, -0.15) is 13.2 Å². The number of carbonyl (C=O) groups is 1. The smallest absolute Gasteiger partial charge is 0.416 e. The van der Waals surface area contributed by atoms with E-state index >= 15 is 0 Å². The highest BCUT2D eigenvalue weighted by Gasteiger charge is 2.30. The molecular formula is C30H23ClF4O3S. The molecule has 0 amide bonds. The largest absolute Gasteiger partial charge is 0.482 e. The molecule has 0 bridgehead atoms. The Kier molecular flexibility index (Phi) is 8.87. The summed E-state index contributed by atoms with van der Waals surface area (Å²) in [4.78, 5) is 11.7. The summed E-state index contributed by atoms with van der Waals surface area (Å²) < 4.78 is 58.8. The number of benzene rings is 4. The molecule has 0 fully saturated rings. The van der Waals surface area contributed by atoms with Crippen LogP contribution in [0.25, 0.3) is 11.1 Å². The third-order valence-corrected chi connectivity index (χ3v) is 7.66. The van der Waals surface area contributed by atoms with Crippen molar-refractivity contribution in [2.75, 3.05) is 6.61 Å². The molecule has 0 saturated heterocycles. The van der Waals surface area contributed by atoms with Crippen molar-refractivity contribution in [3.8, 4) is 16.9 Å². The summed E-state index contributed by atoms with van der Waals surface area (Å²) in [6.45, 7) is 1.36. The number of ether oxygens (including phenoxy) is 1. The number of hydrogen-bond acceptors (Lipinski definition) is 3. The van der Waals surface area contributed by atoms with Gasteiger partial charge >= 0.3 is 12.1 Å². The molecule has 4 aromatic carbocycles. The van der Waals surface area contributed by atoms with Gasteiger partial charge in [0, 0.05) is 20.7 Å². The highest BCUT2D eigenvalue weighted by atomic mass is 35.5. The van der Waals surface area contributed by atoms with Crippen molar-refractivity contribution in [2.45, 2.75) is 29.7 Å². The number of aryl methyl sites for hydroxylation is 1. The number of thioether (sulfide) groups is 1. The second-order valence-electron chi connectivity index (χ2n) is 8.82. The fourth-order valence-corrected chi connectivity index (χ4v) is 5.55. The molecule has 39 heavy (non-hydrogen) atoms. The van der Waals surface area contributed by atoms with E-state index in [9.17, 15) is 22.4 Å². The molecule has 0 saturated carbocycles. The third kappa shape index (κ3) is 7.34. The van der Waals surface area contributed by atoms with E-state index in [1.165, 1.54) is 30.0 Å². The van der Waals surface area contributed by atoms with Crippen molar-refractivity contribution >= 4 is 29.3 Å². The number of alkyl halides is 3. The molecule has 3 nitrogen and oxygen atoms in total. The van der Waals surface area contributed by atoms with Gasteiger partial charge in [0.25, 0.3) is 0 Å². The number of halogens is 5. The molecule has 0 radical (unpaired) electrons. The molecule has 1 unspecified atom stereocenters. The second kappa shape index (κ2) is 12.1. The molecule has 0 aliphatic rings. The molecule has 1 atom stereocenters. The molecule has 0 spiro atoms. The van der Waals surface area contributed by atoms with Gasteiger partial charge in [0.15, 0.2) is 6.61 Å². The summed E-state index contributed by atoms with van der Waals surface area (Å²) in [7, 11) is 0. The highest BCUT2D eigenvalue weighted by Crippen LogP contribution is 2.41. The standard InChI is InChI=1S/C30H23ClF4O3S/c1-18-15-23(13-14-27(18)38-17-29(36)37)39-28(16-24-25(31)3-2-4-26(24)32)21-7-5-19(6-8-21)20-9-11-22(12-10-20)30(33,34)35/h2-15,28H,16-17H2,1H3,(H,36,37). The molecule has 4 aromatic rings. The summed E-state index contributed by atoms with van der Waals surface area (Å²) >= 11 is 7.81. The maximum atomic E-state index is 14.7. The normalized spacial score (nSPS) is 12.3. The van der Waals surface area contributed by atoms with Gasteiger partial charge in [-0.1, -0.05) is 54.1 Å². The van der Waals surface area contributed by atoms with Crippen molar-refractivity contribution < 1.29 is 32.2 Å². The van der Waals surface area contributed by atoms with Crippen LogP contribution in [0.5, 0.6) is 5.75 Å². The Morgan fingerprint density at radius 2 is 1.62 bits per heavy atom. The number of carboxylic acids is 1. The van der Waals surface area contributed by atoms with Crippen molar-refractivity contribution in [2.24, 2.45) is 0 Å². The lowest BCUT2D eigenvalue weighted by Crippen LogP contribution is -2.10. The minimum atomic E-state index is -4.40. The summed E-state index contributed by atoms with van der Waals surface area (Å²) in [5, 5.41) is 8.93. The molecule has 0 aliphatic carbocycles. The summed E-state index contributed by atoms with van der Waals surface area (Å²) in [5.74, 6) is -1.03. The van der Waals surface area contributed by atoms with E-state index in [0.717, 1.165) is 33.7 Å². The van der Waals surface area contributed by atoms with Crippen molar-refractivity contribution in [3.05, 3.63) is 118 Å². The van der Waals surface area contributed by atoms with Gasteiger partial charge in [0.05, 0.1) is 5.56 Å². The van der Waals surface area contributed by atoms with Crippen LogP contribution in [0.4, 0.5) is 17.6 Å². The monoisotopic (exact) mass is 574 g/mol. The van der Waals surface area contributed by atoms with Gasteiger partial charge in [-0.05, 0) is 78.1 Å². The number of aliphatic carboxylic acids is 1. The van der Waals surface area contributed by atoms with Crippen molar-refractivity contribution in [1.82, 2.24) is 0 Å². The van der Waals surface area contributed by atoms with Crippen LogP contribution in [0.15, 0.2) is 89.8 Å². The minimum Gasteiger partial charge on any atom is -0.482 e. The Balaban J connectivity index is 1.62. The maximum absolute atomic E-state index is 14.7. The van der Waals surface area contributed by atoms with Gasteiger partial charge < -0.3 is 9.84 Å². The van der Waals surface area contributed by atoms with Gasteiger partial charge in [-0.15, -0.1) is 11.8 Å². The lowest BCUT2D eigenvalue weighted by atomic mass is 9.99. The fraction of sp³-hybridized carbons (Fsp3) is 0.167. The van der Waals surface area contributed by atoms with Crippen LogP contribution < -0.4 is 4.74 Å². The predicted molar refractivity (Wildman–Crippen MR) is 145 cm³/mol. The first-order valence-corrected chi connectivity index (χ1v) is 13.1. The van der Waals surface area contributed by atoms with Crippen LogP contribution in [-0.4, -0.2) is 17.7 Å². The molecule has 0 heterocycles. The molecular weight excluding hydrogens is 552 g/mol. The van der Waals surface area contributed by atoms with E-state index in [-0.39, 0.29) is 11.7 Å². The zero-order valence-corrected chi connectivity index (χ0v) is 22.2. The SMILES string of the molecule is Cc1cc(SC(Cc2c(F)cccc2Cl)c2ccc(-c3ccc(C(F)(F)F)cc3)cc2)ccc1OCC(=O)O. The Morgan fingerprint density at radius 1 is 0.974 bits per heavy atom. The zero-order chi connectivity index (χ0) is 28.2. The van der Waals surface area contributed by atoms with Crippen LogP contribution in [0.3, 0.4) is 0 Å². The maximum Gasteiger partial charge on any atom is 0.416 e. The first-order valence-electron chi connectivity index (χ1n) is 11.8. The van der Waals surface area contributed by atoms with E-state index in [2.05, 4.69) is 0 Å². The van der Waals surface area contributed by atoms with Crippen LogP contribution in [-0.2, 0) is 17.4 Å². The molecule has 9 heteroatoms. The van der Waals surface area contributed by atoms with E-state index < -0.39 is 30.1 Å². The minimum absolute atomic E-state index is 0.258. The Morgan fingerprint density at radius 3 is 2.18 bits per heavy atom. The van der Waals surface area contributed by atoms with Crippen LogP contribution in [0, 0.1) is 12.7 Å². The molecule has 4 rings (SSSR count). The van der Waals surface area contributed by atoms with Crippen LogP contribution >= 0.6 is 23.4 Å². The topological polar surface area (TPSA) is 46.5 Å². The number of carboxylic acid groups (broad SMARTS) is 1. The molecule has 1 N–H and O–H groups in total. The first kappa shape index (κ1) is 28.5. The van der Waals surface area contributed by atoms with E-state index in [1.54, 1.807) is 24.3 Å². The quantitative estimate of drug-likeness (QED) is 0.160. The van der Waals surface area contributed by atoms with E-state index in [0.29, 0.717) is 21.9 Å². The molecule has 0 aliphatic heterocycles. The van der Waals surface area contributed by atoms with Crippen molar-refractivity contribution in [3.63, 3.8) is 0 Å². The average molecular weight is 575 g/mol. The Bertz CT molecular complexity index is 1430. The van der Waals surface area contributed by atoms with Crippen LogP contribution in [0.1, 0.15) is 27.5 Å². The Labute approximate surface area is 232 Å². The predicted octanol–water partition coefficient (Wildman–Crippen LogP) is 9.01. The lowest BCUT2D eigenvalue weighted by Gasteiger charge is -2.20. The third-order valence-electron chi connectivity index (χ3n) is 6.06. The van der Waals surface area contributed by atoms with E-state index in [1.807, 2.05) is 37.3 Å². The second-order valence-corrected chi connectivity index (χ2v) is 10.5. The summed E-state index contributed by atoms with van der Waals surface area (Å²) in [6, 6.07) is 22.3. The van der Waals surface area contributed by atoms with Crippen LogP contribution in [0.2, 0.25) is 5.02 Å².